The van der Waals surface area contributed by atoms with E-state index in [1.165, 1.54) is 5.56 Å². The molecule has 2 rings (SSSR count). The standard InChI is InChI=1S/C19H31BrN4O.HI/c1-4-15(10-16-6-5-7-17(20)11-16)12-22-19(21-2)23-13-18-14-24(3)8-9-25-18;/h5-7,11,15,18H,4,8-10,12-14H2,1-3H3,(H2,21,22,23);1H. The third-order valence-electron chi connectivity index (χ3n) is 4.61. The topological polar surface area (TPSA) is 48.9 Å². The Bertz CT molecular complexity index is 558. The number of aliphatic imine (C=N–C) groups is 1. The Morgan fingerprint density at radius 1 is 1.42 bits per heavy atom. The van der Waals surface area contributed by atoms with E-state index in [1.807, 2.05) is 7.05 Å². The largest absolute Gasteiger partial charge is 0.374 e. The third kappa shape index (κ3) is 8.54. The van der Waals surface area contributed by atoms with Crippen molar-refractivity contribution < 1.29 is 4.74 Å². The summed E-state index contributed by atoms with van der Waals surface area (Å²) in [6, 6.07) is 8.56. The fraction of sp³-hybridized carbons (Fsp3) is 0.632. The van der Waals surface area contributed by atoms with E-state index in [9.17, 15) is 0 Å². The van der Waals surface area contributed by atoms with Gasteiger partial charge >= 0.3 is 0 Å². The maximum absolute atomic E-state index is 5.79. The van der Waals surface area contributed by atoms with Crippen molar-refractivity contribution in [1.29, 1.82) is 0 Å². The van der Waals surface area contributed by atoms with Gasteiger partial charge in [0.1, 0.15) is 0 Å². The van der Waals surface area contributed by atoms with Gasteiger partial charge < -0.3 is 20.3 Å². The number of nitrogens with zero attached hydrogens (tertiary/aromatic N) is 2. The minimum atomic E-state index is 0. The number of ether oxygens (including phenoxy) is 1. The first-order chi connectivity index (χ1) is 12.1. The lowest BCUT2D eigenvalue weighted by atomic mass is 9.97. The van der Waals surface area contributed by atoms with E-state index in [0.29, 0.717) is 5.92 Å². The van der Waals surface area contributed by atoms with Crippen molar-refractivity contribution in [2.45, 2.75) is 25.9 Å². The van der Waals surface area contributed by atoms with Gasteiger partial charge in [-0.3, -0.25) is 4.99 Å². The summed E-state index contributed by atoms with van der Waals surface area (Å²) in [5, 5.41) is 6.86. The Labute approximate surface area is 183 Å². The molecule has 2 atom stereocenters. The molecule has 1 aromatic rings. The van der Waals surface area contributed by atoms with E-state index < -0.39 is 0 Å². The zero-order valence-electron chi connectivity index (χ0n) is 16.0. The molecule has 2 N–H and O–H groups in total. The van der Waals surface area contributed by atoms with E-state index in [2.05, 4.69) is 74.7 Å². The Morgan fingerprint density at radius 3 is 2.88 bits per heavy atom. The quantitative estimate of drug-likeness (QED) is 0.318. The van der Waals surface area contributed by atoms with E-state index in [0.717, 1.165) is 56.1 Å². The summed E-state index contributed by atoms with van der Waals surface area (Å²) in [5.41, 5.74) is 1.37. The van der Waals surface area contributed by atoms with Crippen LogP contribution in [0.2, 0.25) is 0 Å². The van der Waals surface area contributed by atoms with Gasteiger partial charge in [0, 0.05) is 37.7 Å². The van der Waals surface area contributed by atoms with Crippen LogP contribution in [-0.4, -0.2) is 63.8 Å². The predicted octanol–water partition coefficient (Wildman–Crippen LogP) is 3.13. The highest BCUT2D eigenvalue weighted by Gasteiger charge is 2.18. The highest BCUT2D eigenvalue weighted by atomic mass is 127. The average Bonchev–Trinajstić information content (AvgIpc) is 2.61. The molecule has 1 aliphatic heterocycles. The Balaban J connectivity index is 0.00000338. The van der Waals surface area contributed by atoms with Crippen LogP contribution in [0.25, 0.3) is 0 Å². The number of morpholine rings is 1. The molecule has 7 heteroatoms. The molecule has 1 aromatic carbocycles. The van der Waals surface area contributed by atoms with Gasteiger partial charge in [-0.1, -0.05) is 41.4 Å². The van der Waals surface area contributed by atoms with Crippen LogP contribution in [0.4, 0.5) is 0 Å². The van der Waals surface area contributed by atoms with E-state index in [4.69, 9.17) is 4.74 Å². The minimum absolute atomic E-state index is 0. The second-order valence-corrected chi connectivity index (χ2v) is 7.61. The number of halogens is 2. The summed E-state index contributed by atoms with van der Waals surface area (Å²) >= 11 is 3.55. The highest BCUT2D eigenvalue weighted by Crippen LogP contribution is 2.16. The fourth-order valence-corrected chi connectivity index (χ4v) is 3.47. The molecule has 148 valence electrons. The van der Waals surface area contributed by atoms with Crippen LogP contribution in [0.1, 0.15) is 18.9 Å². The molecular weight excluding hydrogens is 507 g/mol. The van der Waals surface area contributed by atoms with Crippen LogP contribution < -0.4 is 10.6 Å². The Morgan fingerprint density at radius 2 is 2.23 bits per heavy atom. The predicted molar refractivity (Wildman–Crippen MR) is 124 cm³/mol. The van der Waals surface area contributed by atoms with Gasteiger partial charge in [-0.05, 0) is 37.1 Å². The molecule has 1 aliphatic rings. The maximum Gasteiger partial charge on any atom is 0.191 e. The number of hydrogen-bond donors (Lipinski definition) is 2. The number of hydrogen-bond acceptors (Lipinski definition) is 3. The van der Waals surface area contributed by atoms with Gasteiger partial charge in [-0.15, -0.1) is 24.0 Å². The molecule has 26 heavy (non-hydrogen) atoms. The molecule has 1 fully saturated rings. The average molecular weight is 539 g/mol. The van der Waals surface area contributed by atoms with Crippen molar-refractivity contribution in [2.24, 2.45) is 10.9 Å². The number of rotatable bonds is 7. The fourth-order valence-electron chi connectivity index (χ4n) is 3.02. The van der Waals surface area contributed by atoms with Crippen LogP contribution in [0, 0.1) is 5.92 Å². The van der Waals surface area contributed by atoms with Crippen molar-refractivity contribution in [3.63, 3.8) is 0 Å². The van der Waals surface area contributed by atoms with Gasteiger partial charge in [-0.2, -0.15) is 0 Å². The summed E-state index contributed by atoms with van der Waals surface area (Å²) in [5.74, 6) is 1.43. The molecule has 2 unspecified atom stereocenters. The minimum Gasteiger partial charge on any atom is -0.374 e. The molecule has 1 saturated heterocycles. The van der Waals surface area contributed by atoms with Crippen LogP contribution in [0.3, 0.4) is 0 Å². The van der Waals surface area contributed by atoms with Gasteiger partial charge in [0.15, 0.2) is 5.96 Å². The lowest BCUT2D eigenvalue weighted by molar-refractivity contribution is -0.0161. The number of likely N-dealkylation sites (N-methyl/N-ethyl adjacent to an activating group) is 1. The molecule has 0 aromatic heterocycles. The van der Waals surface area contributed by atoms with Crippen molar-refractivity contribution in [3.8, 4) is 0 Å². The monoisotopic (exact) mass is 538 g/mol. The van der Waals surface area contributed by atoms with Crippen molar-refractivity contribution in [3.05, 3.63) is 34.3 Å². The summed E-state index contributed by atoms with van der Waals surface area (Å²) in [4.78, 5) is 6.64. The number of benzene rings is 1. The van der Waals surface area contributed by atoms with Crippen molar-refractivity contribution in [2.75, 3.05) is 46.9 Å². The molecule has 0 bridgehead atoms. The summed E-state index contributed by atoms with van der Waals surface area (Å²) in [6.45, 7) is 6.72. The zero-order chi connectivity index (χ0) is 18.1. The normalized spacial score (nSPS) is 19.5. The SMILES string of the molecule is CCC(CNC(=NC)NCC1CN(C)CCO1)Cc1cccc(Br)c1.I. The molecule has 0 spiro atoms. The van der Waals surface area contributed by atoms with E-state index >= 15 is 0 Å². The zero-order valence-corrected chi connectivity index (χ0v) is 19.9. The summed E-state index contributed by atoms with van der Waals surface area (Å²) in [6.07, 6.45) is 2.42. The Kier molecular flexibility index (Phi) is 11.7. The summed E-state index contributed by atoms with van der Waals surface area (Å²) in [7, 11) is 3.95. The highest BCUT2D eigenvalue weighted by molar-refractivity contribution is 14.0. The summed E-state index contributed by atoms with van der Waals surface area (Å²) < 4.78 is 6.93. The Hall–Kier alpha value is -0.380. The van der Waals surface area contributed by atoms with Gasteiger partial charge in [-0.25, -0.2) is 0 Å². The lowest BCUT2D eigenvalue weighted by Crippen LogP contribution is -2.48. The van der Waals surface area contributed by atoms with Crippen LogP contribution in [0.15, 0.2) is 33.7 Å². The van der Waals surface area contributed by atoms with Gasteiger partial charge in [0.25, 0.3) is 0 Å². The van der Waals surface area contributed by atoms with Crippen LogP contribution in [-0.2, 0) is 11.2 Å². The first-order valence-electron chi connectivity index (χ1n) is 9.09. The second kappa shape index (κ2) is 12.9. The lowest BCUT2D eigenvalue weighted by Gasteiger charge is -2.30. The third-order valence-corrected chi connectivity index (χ3v) is 5.10. The van der Waals surface area contributed by atoms with Crippen molar-refractivity contribution >= 4 is 45.9 Å². The first-order valence-corrected chi connectivity index (χ1v) is 9.89. The molecule has 5 nitrogen and oxygen atoms in total. The first kappa shape index (κ1) is 23.7. The molecule has 0 amide bonds. The second-order valence-electron chi connectivity index (χ2n) is 6.70. The van der Waals surface area contributed by atoms with Crippen molar-refractivity contribution in [1.82, 2.24) is 15.5 Å². The molecule has 1 heterocycles. The van der Waals surface area contributed by atoms with E-state index in [1.54, 1.807) is 0 Å². The molecule has 0 radical (unpaired) electrons. The smallest absolute Gasteiger partial charge is 0.191 e. The maximum atomic E-state index is 5.79. The van der Waals surface area contributed by atoms with Gasteiger partial charge in [0.05, 0.1) is 12.7 Å². The number of nitrogens with one attached hydrogen (secondary N) is 2. The van der Waals surface area contributed by atoms with E-state index in [-0.39, 0.29) is 30.1 Å². The molecular formula is C19H32BrIN4O. The van der Waals surface area contributed by atoms with Crippen LogP contribution in [0.5, 0.6) is 0 Å². The molecule has 0 saturated carbocycles. The van der Waals surface area contributed by atoms with Gasteiger partial charge in [0.2, 0.25) is 0 Å². The number of guanidine groups is 1. The van der Waals surface area contributed by atoms with Crippen LogP contribution >= 0.6 is 39.9 Å². The molecule has 0 aliphatic carbocycles.